The molecule has 0 aliphatic heterocycles. The van der Waals surface area contributed by atoms with Gasteiger partial charge in [-0.1, -0.05) is 42.5 Å². The quantitative estimate of drug-likeness (QED) is 0.602. The number of benzene rings is 2. The van der Waals surface area contributed by atoms with E-state index in [1.54, 1.807) is 37.4 Å². The molecule has 0 spiro atoms. The van der Waals surface area contributed by atoms with Gasteiger partial charge in [-0.05, 0) is 29.3 Å². The molecule has 0 atom stereocenters. The van der Waals surface area contributed by atoms with Crippen molar-refractivity contribution in [1.29, 1.82) is 0 Å². The van der Waals surface area contributed by atoms with Gasteiger partial charge in [-0.3, -0.25) is 14.4 Å². The molecule has 2 aromatic rings. The number of carbonyl (C=O) groups is 3. The maximum atomic E-state index is 12.6. The van der Waals surface area contributed by atoms with Crippen molar-refractivity contribution in [3.05, 3.63) is 77.4 Å². The molecule has 0 radical (unpaired) electrons. The van der Waals surface area contributed by atoms with Gasteiger partial charge in [-0.25, -0.2) is 0 Å². The van der Waals surface area contributed by atoms with Gasteiger partial charge in [0.15, 0.2) is 0 Å². The van der Waals surface area contributed by atoms with Crippen LogP contribution >= 0.6 is 0 Å². The zero-order valence-electron chi connectivity index (χ0n) is 15.3. The number of nitrogens with one attached hydrogen (secondary N) is 1. The van der Waals surface area contributed by atoms with Gasteiger partial charge in [-0.15, -0.1) is 0 Å². The van der Waals surface area contributed by atoms with Crippen molar-refractivity contribution in [2.75, 3.05) is 20.7 Å². The summed E-state index contributed by atoms with van der Waals surface area (Å²) in [5.74, 6) is -0.962. The van der Waals surface area contributed by atoms with E-state index in [0.717, 1.165) is 11.1 Å². The highest BCUT2D eigenvalue weighted by Crippen LogP contribution is 2.09. The van der Waals surface area contributed by atoms with E-state index in [0.29, 0.717) is 12.1 Å². The highest BCUT2D eigenvalue weighted by Gasteiger charge is 2.16. The number of nitrogens with zero attached hydrogens (tertiary/aromatic N) is 1. The lowest BCUT2D eigenvalue weighted by Gasteiger charge is -2.20. The largest absolute Gasteiger partial charge is 0.468 e. The molecule has 6 nitrogen and oxygen atoms in total. The summed E-state index contributed by atoms with van der Waals surface area (Å²) in [7, 11) is 2.86. The fourth-order valence-electron chi connectivity index (χ4n) is 2.40. The Morgan fingerprint density at radius 3 is 2.30 bits per heavy atom. The van der Waals surface area contributed by atoms with Gasteiger partial charge in [0.2, 0.25) is 5.91 Å². The van der Waals surface area contributed by atoms with Gasteiger partial charge in [0, 0.05) is 25.2 Å². The molecule has 0 aliphatic carbocycles. The van der Waals surface area contributed by atoms with Crippen molar-refractivity contribution in [1.82, 2.24) is 10.2 Å². The molecular weight excluding hydrogens is 344 g/mol. The minimum atomic E-state index is -0.484. The second kappa shape index (κ2) is 9.91. The van der Waals surface area contributed by atoms with Crippen LogP contribution in [0.1, 0.15) is 21.5 Å². The van der Waals surface area contributed by atoms with Gasteiger partial charge < -0.3 is 15.0 Å². The maximum Gasteiger partial charge on any atom is 0.325 e. The van der Waals surface area contributed by atoms with Crippen LogP contribution in [0.2, 0.25) is 0 Å². The fourth-order valence-corrected chi connectivity index (χ4v) is 2.40. The first-order valence-electron chi connectivity index (χ1n) is 8.43. The Kier molecular flexibility index (Phi) is 7.31. The number of amides is 2. The van der Waals surface area contributed by atoms with Crippen molar-refractivity contribution in [3.63, 3.8) is 0 Å². The summed E-state index contributed by atoms with van der Waals surface area (Å²) in [6.07, 6.45) is 3.05. The highest BCUT2D eigenvalue weighted by atomic mass is 16.5. The predicted molar refractivity (Wildman–Crippen MR) is 103 cm³/mol. The van der Waals surface area contributed by atoms with E-state index in [1.807, 2.05) is 30.3 Å². The molecule has 0 aromatic heterocycles. The molecular formula is C21H22N2O4. The van der Waals surface area contributed by atoms with Crippen LogP contribution in [0, 0.1) is 0 Å². The van der Waals surface area contributed by atoms with Crippen molar-refractivity contribution in [3.8, 4) is 0 Å². The Morgan fingerprint density at radius 2 is 1.70 bits per heavy atom. The van der Waals surface area contributed by atoms with Gasteiger partial charge in [0.25, 0.3) is 5.91 Å². The lowest BCUT2D eigenvalue weighted by Crippen LogP contribution is -2.34. The molecule has 0 unspecified atom stereocenters. The standard InChI is InChI=1S/C21H22N2O4/c1-22-21(26)18-11-8-16(9-12-18)10-13-19(24)23(15-20(25)27-2)14-17-6-4-3-5-7-17/h3-13H,14-15H2,1-2H3,(H,22,26)/b13-10+. The summed E-state index contributed by atoms with van der Waals surface area (Å²) in [4.78, 5) is 37.2. The maximum absolute atomic E-state index is 12.6. The molecule has 0 saturated carbocycles. The lowest BCUT2D eigenvalue weighted by molar-refractivity contribution is -0.145. The zero-order valence-corrected chi connectivity index (χ0v) is 15.3. The first-order chi connectivity index (χ1) is 13.0. The Labute approximate surface area is 158 Å². The molecule has 2 amide bonds. The van der Waals surface area contributed by atoms with Crippen molar-refractivity contribution >= 4 is 23.9 Å². The molecule has 1 N–H and O–H groups in total. The van der Waals surface area contributed by atoms with Gasteiger partial charge in [-0.2, -0.15) is 0 Å². The van der Waals surface area contributed by atoms with Crippen LogP contribution in [0.3, 0.4) is 0 Å². The molecule has 0 fully saturated rings. The van der Waals surface area contributed by atoms with Crippen LogP contribution in [-0.2, 0) is 20.9 Å². The third kappa shape index (κ3) is 6.11. The Hall–Kier alpha value is -3.41. The first-order valence-corrected chi connectivity index (χ1v) is 8.43. The highest BCUT2D eigenvalue weighted by molar-refractivity contribution is 5.95. The smallest absolute Gasteiger partial charge is 0.325 e. The summed E-state index contributed by atoms with van der Waals surface area (Å²) in [5, 5.41) is 2.55. The molecule has 2 rings (SSSR count). The zero-order chi connectivity index (χ0) is 19.6. The second-order valence-electron chi connectivity index (χ2n) is 5.79. The Morgan fingerprint density at radius 1 is 1.04 bits per heavy atom. The minimum Gasteiger partial charge on any atom is -0.468 e. The topological polar surface area (TPSA) is 75.7 Å². The number of hydrogen-bond acceptors (Lipinski definition) is 4. The number of ether oxygens (including phenoxy) is 1. The summed E-state index contributed by atoms with van der Waals surface area (Å²) in [5.41, 5.74) is 2.23. The average Bonchev–Trinajstić information content (AvgIpc) is 2.71. The predicted octanol–water partition coefficient (Wildman–Crippen LogP) is 2.26. The van der Waals surface area contributed by atoms with Crippen molar-refractivity contribution < 1.29 is 19.1 Å². The summed E-state index contributed by atoms with van der Waals surface area (Å²) < 4.78 is 4.68. The van der Waals surface area contributed by atoms with E-state index in [1.165, 1.54) is 18.1 Å². The van der Waals surface area contributed by atoms with Crippen molar-refractivity contribution in [2.45, 2.75) is 6.54 Å². The third-order valence-electron chi connectivity index (χ3n) is 3.89. The summed E-state index contributed by atoms with van der Waals surface area (Å²) in [6, 6.07) is 16.3. The lowest BCUT2D eigenvalue weighted by atomic mass is 10.1. The van der Waals surface area contributed by atoms with E-state index in [2.05, 4.69) is 10.1 Å². The Bertz CT molecular complexity index is 814. The number of carbonyl (C=O) groups excluding carboxylic acids is 3. The van der Waals surface area contributed by atoms with Crippen LogP contribution in [-0.4, -0.2) is 43.4 Å². The van der Waals surface area contributed by atoms with E-state index in [4.69, 9.17) is 0 Å². The monoisotopic (exact) mass is 366 g/mol. The Balaban J connectivity index is 2.10. The van der Waals surface area contributed by atoms with E-state index >= 15 is 0 Å². The van der Waals surface area contributed by atoms with Crippen LogP contribution in [0.4, 0.5) is 0 Å². The van der Waals surface area contributed by atoms with Gasteiger partial charge >= 0.3 is 5.97 Å². The van der Waals surface area contributed by atoms with Crippen LogP contribution in [0.15, 0.2) is 60.7 Å². The molecule has 0 bridgehead atoms. The molecule has 2 aromatic carbocycles. The van der Waals surface area contributed by atoms with E-state index in [-0.39, 0.29) is 18.4 Å². The number of hydrogen-bond donors (Lipinski definition) is 1. The number of rotatable bonds is 7. The number of methoxy groups -OCH3 is 1. The average molecular weight is 366 g/mol. The molecule has 0 saturated heterocycles. The third-order valence-corrected chi connectivity index (χ3v) is 3.89. The first kappa shape index (κ1) is 19.9. The molecule has 27 heavy (non-hydrogen) atoms. The fraction of sp³-hybridized carbons (Fsp3) is 0.190. The van der Waals surface area contributed by atoms with Crippen LogP contribution in [0.25, 0.3) is 6.08 Å². The van der Waals surface area contributed by atoms with Crippen molar-refractivity contribution in [2.24, 2.45) is 0 Å². The van der Waals surface area contributed by atoms with E-state index < -0.39 is 5.97 Å². The van der Waals surface area contributed by atoms with E-state index in [9.17, 15) is 14.4 Å². The van der Waals surface area contributed by atoms with Gasteiger partial charge in [0.05, 0.1) is 7.11 Å². The molecule has 0 aliphatic rings. The SMILES string of the molecule is CNC(=O)c1ccc(/C=C/C(=O)N(CC(=O)OC)Cc2ccccc2)cc1. The normalized spacial score (nSPS) is 10.4. The minimum absolute atomic E-state index is 0.135. The molecule has 140 valence electrons. The van der Waals surface area contributed by atoms with Crippen LogP contribution < -0.4 is 5.32 Å². The van der Waals surface area contributed by atoms with Gasteiger partial charge in [0.1, 0.15) is 6.54 Å². The van der Waals surface area contributed by atoms with Crippen LogP contribution in [0.5, 0.6) is 0 Å². The summed E-state index contributed by atoms with van der Waals surface area (Å²) in [6.45, 7) is 0.166. The summed E-state index contributed by atoms with van der Waals surface area (Å²) >= 11 is 0. The second-order valence-corrected chi connectivity index (χ2v) is 5.79. The molecule has 0 heterocycles. The molecule has 6 heteroatoms. The number of esters is 1.